The average molecular weight is 251 g/mol. The Balaban J connectivity index is 0.00000128. The van der Waals surface area contributed by atoms with E-state index in [1.54, 1.807) is 0 Å². The van der Waals surface area contributed by atoms with E-state index >= 15 is 0 Å². The largest absolute Gasteiger partial charge is 0.478 e. The molecule has 0 saturated carbocycles. The van der Waals surface area contributed by atoms with Crippen molar-refractivity contribution in [1.29, 1.82) is 0 Å². The average Bonchev–Trinajstić information content (AvgIpc) is 2.23. The van der Waals surface area contributed by atoms with Gasteiger partial charge >= 0.3 is 0 Å². The normalized spacial score (nSPS) is 13.3. The summed E-state index contributed by atoms with van der Waals surface area (Å²) in [6.07, 6.45) is 0. The molecule has 0 atom stereocenters. The van der Waals surface area contributed by atoms with Crippen LogP contribution >= 0.6 is 12.4 Å². The lowest BCUT2D eigenvalue weighted by atomic mass is 10.1. The van der Waals surface area contributed by atoms with E-state index in [0.717, 1.165) is 6.07 Å². The number of halogens is 3. The number of amides is 1. The number of hydrogen-bond donors (Lipinski definition) is 2. The van der Waals surface area contributed by atoms with E-state index in [9.17, 15) is 13.6 Å². The van der Waals surface area contributed by atoms with Gasteiger partial charge in [0.15, 0.2) is 18.2 Å². The molecule has 1 amide bonds. The van der Waals surface area contributed by atoms with E-state index in [0.29, 0.717) is 5.56 Å². The Kier molecular flexibility index (Phi) is 3.66. The molecular formula is C9H9ClF2N2O2. The van der Waals surface area contributed by atoms with Gasteiger partial charge in [-0.1, -0.05) is 0 Å². The van der Waals surface area contributed by atoms with Gasteiger partial charge < -0.3 is 15.8 Å². The quantitative estimate of drug-likeness (QED) is 0.787. The number of hydrogen-bond acceptors (Lipinski definition) is 3. The van der Waals surface area contributed by atoms with Gasteiger partial charge in [0.2, 0.25) is 5.82 Å². The second-order valence-corrected chi connectivity index (χ2v) is 3.08. The highest BCUT2D eigenvalue weighted by Gasteiger charge is 2.25. The highest BCUT2D eigenvalue weighted by molar-refractivity contribution is 5.96. The molecule has 0 radical (unpaired) electrons. The van der Waals surface area contributed by atoms with Crippen molar-refractivity contribution in [1.82, 2.24) is 0 Å². The van der Waals surface area contributed by atoms with Gasteiger partial charge in [0.25, 0.3) is 5.91 Å². The van der Waals surface area contributed by atoms with Gasteiger partial charge in [-0.2, -0.15) is 4.39 Å². The fraction of sp³-hybridized carbons (Fsp3) is 0.222. The Bertz CT molecular complexity index is 440. The van der Waals surface area contributed by atoms with Crippen LogP contribution in [0.1, 0.15) is 5.56 Å². The number of nitrogens with two attached hydrogens (primary N) is 1. The predicted molar refractivity (Wildman–Crippen MR) is 55.6 cm³/mol. The summed E-state index contributed by atoms with van der Waals surface area (Å²) in [5.41, 5.74) is 5.76. The predicted octanol–water partition coefficient (Wildman–Crippen LogP) is 1.18. The number of carbonyl (C=O) groups excluding carboxylic acids is 1. The molecule has 0 fully saturated rings. The summed E-state index contributed by atoms with van der Waals surface area (Å²) in [5, 5.41) is 2.40. The molecule has 0 unspecified atom stereocenters. The number of nitrogens with one attached hydrogen (secondary N) is 1. The molecule has 0 spiro atoms. The van der Waals surface area contributed by atoms with Gasteiger partial charge in [-0.05, 0) is 11.6 Å². The minimum atomic E-state index is -1.11. The molecule has 0 bridgehead atoms. The Hall–Kier alpha value is -1.40. The Morgan fingerprint density at radius 2 is 2.19 bits per heavy atom. The van der Waals surface area contributed by atoms with Crippen LogP contribution in [0.4, 0.5) is 14.5 Å². The fourth-order valence-electron chi connectivity index (χ4n) is 1.40. The summed E-state index contributed by atoms with van der Waals surface area (Å²) in [6, 6.07) is 0.948. The molecule has 0 aliphatic carbocycles. The van der Waals surface area contributed by atoms with E-state index in [1.165, 1.54) is 0 Å². The summed E-state index contributed by atoms with van der Waals surface area (Å²) in [4.78, 5) is 11.0. The molecule has 1 aromatic rings. The first-order chi connectivity index (χ1) is 7.13. The summed E-state index contributed by atoms with van der Waals surface area (Å²) in [5.74, 6) is -2.84. The lowest BCUT2D eigenvalue weighted by molar-refractivity contribution is -0.118. The van der Waals surface area contributed by atoms with Crippen LogP contribution in [0.25, 0.3) is 0 Å². The lowest BCUT2D eigenvalue weighted by Crippen LogP contribution is -2.27. The number of rotatable bonds is 1. The molecule has 0 aromatic heterocycles. The van der Waals surface area contributed by atoms with E-state index < -0.39 is 17.5 Å². The second kappa shape index (κ2) is 4.63. The number of ether oxygens (including phenoxy) is 1. The number of anilines is 1. The zero-order valence-electron chi connectivity index (χ0n) is 8.05. The van der Waals surface area contributed by atoms with Crippen molar-refractivity contribution in [3.8, 4) is 5.75 Å². The lowest BCUT2D eigenvalue weighted by Gasteiger charge is -2.21. The smallest absolute Gasteiger partial charge is 0.262 e. The zero-order valence-corrected chi connectivity index (χ0v) is 8.87. The minimum Gasteiger partial charge on any atom is -0.478 e. The topological polar surface area (TPSA) is 64.3 Å². The van der Waals surface area contributed by atoms with E-state index in [-0.39, 0.29) is 37.0 Å². The molecule has 16 heavy (non-hydrogen) atoms. The monoisotopic (exact) mass is 250 g/mol. The maximum atomic E-state index is 13.2. The highest BCUT2D eigenvalue weighted by atomic mass is 35.5. The summed E-state index contributed by atoms with van der Waals surface area (Å²) < 4.78 is 31.1. The molecule has 2 rings (SSSR count). The molecule has 1 aromatic carbocycles. The maximum Gasteiger partial charge on any atom is 0.262 e. The molecule has 4 nitrogen and oxygen atoms in total. The summed E-state index contributed by atoms with van der Waals surface area (Å²) in [7, 11) is 0. The van der Waals surface area contributed by atoms with Gasteiger partial charge in [0, 0.05) is 6.54 Å². The van der Waals surface area contributed by atoms with Crippen LogP contribution < -0.4 is 15.8 Å². The van der Waals surface area contributed by atoms with Crippen LogP contribution in [-0.4, -0.2) is 12.5 Å². The van der Waals surface area contributed by atoms with E-state index in [4.69, 9.17) is 10.5 Å². The molecular weight excluding hydrogens is 242 g/mol. The standard InChI is InChI=1S/C9H8F2N2O2.ClH/c10-5-1-4(2-12)8-9(7(5)11)15-3-6(14)13-8;/h1H,2-3,12H2,(H,13,14);1H. The molecule has 1 heterocycles. The molecule has 7 heteroatoms. The number of fused-ring (bicyclic) bond motifs is 1. The van der Waals surface area contributed by atoms with Crippen molar-refractivity contribution in [2.75, 3.05) is 11.9 Å². The third-order valence-electron chi connectivity index (χ3n) is 2.09. The van der Waals surface area contributed by atoms with Gasteiger partial charge in [-0.25, -0.2) is 4.39 Å². The van der Waals surface area contributed by atoms with Gasteiger partial charge in [0.1, 0.15) is 0 Å². The summed E-state index contributed by atoms with van der Waals surface area (Å²) in [6.45, 7) is -0.333. The maximum absolute atomic E-state index is 13.2. The number of carbonyl (C=O) groups is 1. The van der Waals surface area contributed by atoms with Crippen LogP contribution in [0, 0.1) is 11.6 Å². The summed E-state index contributed by atoms with van der Waals surface area (Å²) >= 11 is 0. The first-order valence-electron chi connectivity index (χ1n) is 4.27. The first-order valence-corrected chi connectivity index (χ1v) is 4.27. The van der Waals surface area contributed by atoms with Crippen molar-refractivity contribution < 1.29 is 18.3 Å². The first kappa shape index (κ1) is 12.7. The van der Waals surface area contributed by atoms with Crippen molar-refractivity contribution in [3.05, 3.63) is 23.3 Å². The third kappa shape index (κ3) is 1.94. The van der Waals surface area contributed by atoms with Gasteiger partial charge in [-0.3, -0.25) is 4.79 Å². The van der Waals surface area contributed by atoms with E-state index in [1.807, 2.05) is 0 Å². The Morgan fingerprint density at radius 1 is 1.50 bits per heavy atom. The number of benzene rings is 1. The molecule has 0 saturated heterocycles. The van der Waals surface area contributed by atoms with Crippen LogP contribution in [0.2, 0.25) is 0 Å². The minimum absolute atomic E-state index is 0. The molecule has 88 valence electrons. The van der Waals surface area contributed by atoms with Crippen LogP contribution in [0.3, 0.4) is 0 Å². The molecule has 1 aliphatic heterocycles. The van der Waals surface area contributed by atoms with Gasteiger partial charge in [-0.15, -0.1) is 12.4 Å². The third-order valence-corrected chi connectivity index (χ3v) is 2.09. The van der Waals surface area contributed by atoms with Crippen molar-refractivity contribution in [2.24, 2.45) is 5.73 Å². The highest BCUT2D eigenvalue weighted by Crippen LogP contribution is 2.35. The van der Waals surface area contributed by atoms with E-state index in [2.05, 4.69) is 5.32 Å². The molecule has 3 N–H and O–H groups in total. The Labute approximate surface area is 96.2 Å². The van der Waals surface area contributed by atoms with Gasteiger partial charge in [0.05, 0.1) is 5.69 Å². The van der Waals surface area contributed by atoms with Crippen LogP contribution in [0.5, 0.6) is 5.75 Å². The van der Waals surface area contributed by atoms with Crippen LogP contribution in [-0.2, 0) is 11.3 Å². The Morgan fingerprint density at radius 3 is 2.81 bits per heavy atom. The van der Waals surface area contributed by atoms with Crippen LogP contribution in [0.15, 0.2) is 6.07 Å². The van der Waals surface area contributed by atoms with Crippen molar-refractivity contribution in [2.45, 2.75) is 6.54 Å². The second-order valence-electron chi connectivity index (χ2n) is 3.08. The SMILES string of the molecule is Cl.NCc1cc(F)c(F)c2c1NC(=O)CO2. The van der Waals surface area contributed by atoms with Crippen molar-refractivity contribution >= 4 is 24.0 Å². The molecule has 1 aliphatic rings. The fourth-order valence-corrected chi connectivity index (χ4v) is 1.40. The zero-order chi connectivity index (χ0) is 11.0. The van der Waals surface area contributed by atoms with Crippen molar-refractivity contribution in [3.63, 3.8) is 0 Å².